The maximum absolute atomic E-state index is 6.65. The second-order valence-electron chi connectivity index (χ2n) is 8.52. The lowest BCUT2D eigenvalue weighted by Crippen LogP contribution is -2.17. The van der Waals surface area contributed by atoms with E-state index in [0.29, 0.717) is 0 Å². The van der Waals surface area contributed by atoms with Crippen LogP contribution >= 0.6 is 23.2 Å². The fourth-order valence-electron chi connectivity index (χ4n) is 5.03. The van der Waals surface area contributed by atoms with Gasteiger partial charge in [-0.1, -0.05) is 75.2 Å². The molecule has 3 aromatic carbocycles. The van der Waals surface area contributed by atoms with Crippen LogP contribution in [0.1, 0.15) is 49.9 Å². The minimum absolute atomic E-state index is 0.0150. The molecular formula is C24H20Cl2. The first-order valence-electron chi connectivity index (χ1n) is 9.02. The van der Waals surface area contributed by atoms with E-state index in [0.717, 1.165) is 21.2 Å². The Kier molecular flexibility index (Phi) is 3.12. The van der Waals surface area contributed by atoms with Crippen LogP contribution in [0, 0.1) is 0 Å². The lowest BCUT2D eigenvalue weighted by atomic mass is 9.79. The highest BCUT2D eigenvalue weighted by Gasteiger charge is 2.43. The summed E-state index contributed by atoms with van der Waals surface area (Å²) < 4.78 is 0. The van der Waals surface area contributed by atoms with Crippen molar-refractivity contribution in [1.82, 2.24) is 0 Å². The Morgan fingerprint density at radius 3 is 2.00 bits per heavy atom. The molecule has 0 aromatic heterocycles. The lowest BCUT2D eigenvalue weighted by Gasteiger charge is -2.24. The largest absolute Gasteiger partial charge is 0.0840 e. The van der Waals surface area contributed by atoms with Crippen LogP contribution in [0.15, 0.2) is 48.5 Å². The van der Waals surface area contributed by atoms with Crippen LogP contribution in [0.5, 0.6) is 0 Å². The van der Waals surface area contributed by atoms with Crippen molar-refractivity contribution in [1.29, 1.82) is 0 Å². The van der Waals surface area contributed by atoms with Crippen molar-refractivity contribution in [2.45, 2.75) is 38.5 Å². The molecular weight excluding hydrogens is 359 g/mol. The van der Waals surface area contributed by atoms with Crippen molar-refractivity contribution in [3.63, 3.8) is 0 Å². The van der Waals surface area contributed by atoms with Gasteiger partial charge in [0.25, 0.3) is 0 Å². The summed E-state index contributed by atoms with van der Waals surface area (Å²) in [5.74, 6) is 0. The predicted octanol–water partition coefficient (Wildman–Crippen LogP) is 7.61. The Hall–Kier alpha value is -1.76. The first-order valence-corrected chi connectivity index (χ1v) is 9.78. The molecule has 0 bridgehead atoms. The highest BCUT2D eigenvalue weighted by molar-refractivity contribution is 6.36. The van der Waals surface area contributed by atoms with Crippen LogP contribution in [-0.4, -0.2) is 0 Å². The third-order valence-electron chi connectivity index (χ3n) is 6.39. The zero-order valence-corrected chi connectivity index (χ0v) is 16.9. The topological polar surface area (TPSA) is 0 Å². The van der Waals surface area contributed by atoms with Crippen LogP contribution in [0.4, 0.5) is 0 Å². The van der Waals surface area contributed by atoms with Gasteiger partial charge < -0.3 is 0 Å². The third kappa shape index (κ3) is 1.82. The lowest BCUT2D eigenvalue weighted by molar-refractivity contribution is 0.652. The average Bonchev–Trinajstić information content (AvgIpc) is 2.98. The normalized spacial score (nSPS) is 17.5. The van der Waals surface area contributed by atoms with E-state index in [1.54, 1.807) is 0 Å². The average molecular weight is 379 g/mol. The molecule has 3 aromatic rings. The molecule has 0 spiro atoms. The number of rotatable bonds is 0. The van der Waals surface area contributed by atoms with Gasteiger partial charge in [0, 0.05) is 26.4 Å². The van der Waals surface area contributed by atoms with Gasteiger partial charge in [-0.2, -0.15) is 0 Å². The van der Waals surface area contributed by atoms with E-state index in [4.69, 9.17) is 23.2 Å². The summed E-state index contributed by atoms with van der Waals surface area (Å²) in [5, 5.41) is 1.58. The van der Waals surface area contributed by atoms with Gasteiger partial charge in [0.2, 0.25) is 0 Å². The van der Waals surface area contributed by atoms with Gasteiger partial charge >= 0.3 is 0 Å². The molecule has 0 N–H and O–H groups in total. The van der Waals surface area contributed by atoms with E-state index in [9.17, 15) is 0 Å². The predicted molar refractivity (Wildman–Crippen MR) is 112 cm³/mol. The number of benzene rings is 3. The van der Waals surface area contributed by atoms with Crippen LogP contribution < -0.4 is 0 Å². The van der Waals surface area contributed by atoms with Gasteiger partial charge in [0.1, 0.15) is 0 Å². The van der Waals surface area contributed by atoms with E-state index in [1.807, 2.05) is 12.1 Å². The van der Waals surface area contributed by atoms with Gasteiger partial charge in [0.05, 0.1) is 0 Å². The molecule has 0 nitrogen and oxygen atoms in total. The van der Waals surface area contributed by atoms with Crippen molar-refractivity contribution in [3.05, 3.63) is 80.8 Å². The smallest absolute Gasteiger partial charge is 0.0488 e. The number of hydrogen-bond donors (Lipinski definition) is 0. The molecule has 0 fully saturated rings. The molecule has 26 heavy (non-hydrogen) atoms. The molecule has 0 saturated carbocycles. The molecule has 0 saturated heterocycles. The van der Waals surface area contributed by atoms with E-state index in [1.165, 1.54) is 33.4 Å². The number of fused-ring (bicyclic) bond motifs is 6. The second-order valence-corrected chi connectivity index (χ2v) is 9.33. The quantitative estimate of drug-likeness (QED) is 0.377. The molecule has 0 heterocycles. The van der Waals surface area contributed by atoms with Crippen LogP contribution in [0.3, 0.4) is 0 Å². The molecule has 0 amide bonds. The minimum atomic E-state index is -0.163. The molecule has 0 unspecified atom stereocenters. The molecule has 0 aliphatic heterocycles. The Morgan fingerprint density at radius 2 is 1.23 bits per heavy atom. The summed E-state index contributed by atoms with van der Waals surface area (Å²) in [4.78, 5) is 0. The van der Waals surface area contributed by atoms with Gasteiger partial charge in [-0.15, -0.1) is 0 Å². The van der Waals surface area contributed by atoms with Crippen LogP contribution in [0.25, 0.3) is 22.3 Å². The minimum Gasteiger partial charge on any atom is -0.0840 e. The summed E-state index contributed by atoms with van der Waals surface area (Å²) in [6, 6.07) is 17.3. The molecule has 0 atom stereocenters. The Bertz CT molecular complexity index is 1100. The van der Waals surface area contributed by atoms with Crippen molar-refractivity contribution in [3.8, 4) is 22.3 Å². The van der Waals surface area contributed by atoms with Gasteiger partial charge in [-0.3, -0.25) is 0 Å². The van der Waals surface area contributed by atoms with Gasteiger partial charge in [-0.25, -0.2) is 0 Å². The summed E-state index contributed by atoms with van der Waals surface area (Å²) in [6.45, 7) is 9.12. The fraction of sp³-hybridized carbons (Fsp3) is 0.250. The summed E-state index contributed by atoms with van der Waals surface area (Å²) >= 11 is 13.3. The standard InChI is InChI=1S/C24H20Cl2/c1-23(2)16-8-6-5-7-13(16)14-11-18-15(12-17(14)23)21-19(25)9-10-20(26)22(21)24(18,3)4/h5-12H,1-4H3. The first kappa shape index (κ1) is 16.4. The van der Waals surface area contributed by atoms with Gasteiger partial charge in [-0.05, 0) is 63.2 Å². The van der Waals surface area contributed by atoms with Gasteiger partial charge in [0.15, 0.2) is 0 Å². The molecule has 2 aliphatic rings. The highest BCUT2D eigenvalue weighted by atomic mass is 35.5. The molecule has 2 heteroatoms. The van der Waals surface area contributed by atoms with Crippen molar-refractivity contribution >= 4 is 23.2 Å². The maximum atomic E-state index is 6.65. The van der Waals surface area contributed by atoms with E-state index in [2.05, 4.69) is 64.1 Å². The molecule has 2 aliphatic carbocycles. The third-order valence-corrected chi connectivity index (χ3v) is 7.02. The highest BCUT2D eigenvalue weighted by Crippen LogP contribution is 2.58. The summed E-state index contributed by atoms with van der Waals surface area (Å²) in [7, 11) is 0. The monoisotopic (exact) mass is 378 g/mol. The van der Waals surface area contributed by atoms with Crippen molar-refractivity contribution < 1.29 is 0 Å². The first-order chi connectivity index (χ1) is 12.2. The second kappa shape index (κ2) is 4.94. The Labute approximate surface area is 164 Å². The van der Waals surface area contributed by atoms with E-state index < -0.39 is 0 Å². The Morgan fingerprint density at radius 1 is 0.615 bits per heavy atom. The van der Waals surface area contributed by atoms with E-state index >= 15 is 0 Å². The SMILES string of the molecule is CC1(C)c2ccccc2-c2cc3c(cc21)-c1c(Cl)ccc(Cl)c1C3(C)C. The van der Waals surface area contributed by atoms with Crippen molar-refractivity contribution in [2.75, 3.05) is 0 Å². The number of hydrogen-bond acceptors (Lipinski definition) is 0. The van der Waals surface area contributed by atoms with Crippen LogP contribution in [0.2, 0.25) is 10.0 Å². The molecule has 0 radical (unpaired) electrons. The molecule has 130 valence electrons. The molecule has 5 rings (SSSR count). The van der Waals surface area contributed by atoms with E-state index in [-0.39, 0.29) is 10.8 Å². The zero-order chi connectivity index (χ0) is 18.4. The number of halogens is 2. The summed E-state index contributed by atoms with van der Waals surface area (Å²) in [6.07, 6.45) is 0. The van der Waals surface area contributed by atoms with Crippen molar-refractivity contribution in [2.24, 2.45) is 0 Å². The Balaban J connectivity index is 1.90. The summed E-state index contributed by atoms with van der Waals surface area (Å²) in [5.41, 5.74) is 10.1. The maximum Gasteiger partial charge on any atom is 0.0488 e. The zero-order valence-electron chi connectivity index (χ0n) is 15.4. The fourth-order valence-corrected chi connectivity index (χ4v) is 5.69. The van der Waals surface area contributed by atoms with Crippen LogP contribution in [-0.2, 0) is 10.8 Å².